The Hall–Kier alpha value is -3.12. The molecule has 0 aliphatic heterocycles. The Kier molecular flexibility index (Phi) is 15.1. The molecular weight excluding hydrogens is 500 g/mol. The first kappa shape index (κ1) is 32.9. The smallest absolute Gasteiger partial charge is 0.407 e. The van der Waals surface area contributed by atoms with E-state index in [0.29, 0.717) is 13.0 Å². The van der Waals surface area contributed by atoms with Crippen molar-refractivity contribution in [2.45, 2.75) is 46.1 Å². The summed E-state index contributed by atoms with van der Waals surface area (Å²) in [6.07, 6.45) is 3.32. The third kappa shape index (κ3) is 15.2. The lowest BCUT2D eigenvalue weighted by molar-refractivity contribution is -0.140. The Labute approximate surface area is 227 Å². The zero-order valence-electron chi connectivity index (χ0n) is 22.7. The first-order valence-electron chi connectivity index (χ1n) is 12.6. The summed E-state index contributed by atoms with van der Waals surface area (Å²) in [5, 5.41) is 5.72. The highest BCUT2D eigenvalue weighted by molar-refractivity contribution is 5.81. The number of hydrogen-bond acceptors (Lipinski definition) is 10. The predicted octanol–water partition coefficient (Wildman–Crippen LogP) is 3.01. The quantitative estimate of drug-likeness (QED) is 0.121. The van der Waals surface area contributed by atoms with Crippen molar-refractivity contribution >= 4 is 24.1 Å². The van der Waals surface area contributed by atoms with Gasteiger partial charge in [-0.2, -0.15) is 0 Å². The number of esters is 2. The molecule has 12 heteroatoms. The molecule has 0 aromatic heterocycles. The normalized spacial score (nSPS) is 19.9. The van der Waals surface area contributed by atoms with Gasteiger partial charge in [0.15, 0.2) is 0 Å². The number of carbonyl (C=O) groups excluding carboxylic acids is 4. The van der Waals surface area contributed by atoms with Crippen LogP contribution in [0.25, 0.3) is 0 Å². The van der Waals surface area contributed by atoms with E-state index >= 15 is 0 Å². The molecule has 1 aliphatic rings. The molecule has 0 heterocycles. The highest BCUT2D eigenvalue weighted by Gasteiger charge is 2.42. The van der Waals surface area contributed by atoms with Crippen molar-refractivity contribution < 1.29 is 50.5 Å². The van der Waals surface area contributed by atoms with Crippen LogP contribution in [-0.2, 0) is 38.0 Å². The zero-order chi connectivity index (χ0) is 28.4. The summed E-state index contributed by atoms with van der Waals surface area (Å²) in [5.41, 5.74) is -0.332. The lowest BCUT2D eigenvalue weighted by Crippen LogP contribution is -2.50. The molecular formula is C26H46N2O10. The maximum absolute atomic E-state index is 12.3. The second-order valence-electron chi connectivity index (χ2n) is 9.99. The van der Waals surface area contributed by atoms with Crippen molar-refractivity contribution in [1.82, 2.24) is 10.6 Å². The maximum atomic E-state index is 12.3. The van der Waals surface area contributed by atoms with E-state index in [2.05, 4.69) is 44.6 Å². The Morgan fingerprint density at radius 3 is 1.74 bits per heavy atom. The number of alkyl carbamates (subject to hydrolysis) is 2. The summed E-state index contributed by atoms with van der Waals surface area (Å²) >= 11 is 0. The Bertz CT molecular complexity index is 812. The Morgan fingerprint density at radius 1 is 0.763 bits per heavy atom. The highest BCUT2D eigenvalue weighted by Crippen LogP contribution is 2.45. The van der Waals surface area contributed by atoms with E-state index in [9.17, 15) is 19.2 Å². The second kappa shape index (κ2) is 17.4. The lowest BCUT2D eigenvalue weighted by atomic mass is 9.62. The summed E-state index contributed by atoms with van der Waals surface area (Å²) in [6.45, 7) is 14.3. The highest BCUT2D eigenvalue weighted by atomic mass is 16.6. The van der Waals surface area contributed by atoms with E-state index in [1.807, 2.05) is 0 Å². The van der Waals surface area contributed by atoms with E-state index in [-0.39, 0.29) is 72.6 Å². The molecule has 0 aromatic carbocycles. The summed E-state index contributed by atoms with van der Waals surface area (Å²) in [5.74, 6) is -1.05. The van der Waals surface area contributed by atoms with E-state index in [4.69, 9.17) is 28.4 Å². The van der Waals surface area contributed by atoms with Crippen molar-refractivity contribution in [2.75, 3.05) is 59.4 Å². The van der Waals surface area contributed by atoms with Crippen LogP contribution >= 0.6 is 0 Å². The van der Waals surface area contributed by atoms with Crippen LogP contribution in [0.1, 0.15) is 42.9 Å². The largest absolute Gasteiger partial charge is 0.460 e. The lowest BCUT2D eigenvalue weighted by Gasteiger charge is -2.46. The first-order chi connectivity index (χ1) is 18.0. The number of hydrogen-bond donors (Lipinski definition) is 2. The van der Waals surface area contributed by atoms with Gasteiger partial charge in [-0.05, 0) is 30.1 Å². The minimum Gasteiger partial charge on any atom is -0.460 e. The van der Waals surface area contributed by atoms with Crippen molar-refractivity contribution in [3.63, 3.8) is 0 Å². The summed E-state index contributed by atoms with van der Waals surface area (Å²) < 4.78 is 30.4. The average Bonchev–Trinajstić information content (AvgIpc) is 2.84. The first-order valence-corrected chi connectivity index (χ1v) is 12.6. The van der Waals surface area contributed by atoms with Crippen LogP contribution in [0.2, 0.25) is 0 Å². The molecule has 1 saturated carbocycles. The van der Waals surface area contributed by atoms with Gasteiger partial charge in [-0.3, -0.25) is 0 Å². The molecule has 220 valence electrons. The fraction of sp³-hybridized carbons (Fsp3) is 0.692. The molecule has 12 nitrogen and oxygen atoms in total. The van der Waals surface area contributed by atoms with Crippen molar-refractivity contribution in [1.29, 1.82) is 0 Å². The minimum absolute atomic E-state index is 0. The molecule has 0 bridgehead atoms. The van der Waals surface area contributed by atoms with Gasteiger partial charge in [0.25, 0.3) is 0 Å². The molecule has 1 fully saturated rings. The van der Waals surface area contributed by atoms with E-state index in [0.717, 1.165) is 25.0 Å². The molecule has 0 radical (unpaired) electrons. The SMILES string of the molecule is C=CC(=O)OCCOCCOC(=O)NCC1(C)CC(NC(=O)OCCOCCOC(=O)C=C)CC(C)(C)C1.[HH].[HH]. The number of rotatable bonds is 17. The molecule has 2 N–H and O–H groups in total. The topological polar surface area (TPSA) is 148 Å². The van der Waals surface area contributed by atoms with E-state index < -0.39 is 24.1 Å². The van der Waals surface area contributed by atoms with Crippen LogP contribution in [0.15, 0.2) is 25.3 Å². The molecule has 0 saturated heterocycles. The predicted molar refractivity (Wildman–Crippen MR) is 142 cm³/mol. The molecule has 2 atom stereocenters. The van der Waals surface area contributed by atoms with Gasteiger partial charge in [0.1, 0.15) is 26.4 Å². The monoisotopic (exact) mass is 546 g/mol. The van der Waals surface area contributed by atoms with E-state index in [1.165, 1.54) is 0 Å². The van der Waals surface area contributed by atoms with Gasteiger partial charge in [-0.1, -0.05) is 33.9 Å². The molecule has 0 spiro atoms. The van der Waals surface area contributed by atoms with Gasteiger partial charge < -0.3 is 39.1 Å². The fourth-order valence-corrected chi connectivity index (χ4v) is 4.53. The Balaban J connectivity index is 0. The molecule has 1 rings (SSSR count). The number of nitrogens with one attached hydrogen (secondary N) is 2. The van der Waals surface area contributed by atoms with Crippen LogP contribution in [0.4, 0.5) is 9.59 Å². The third-order valence-corrected chi connectivity index (χ3v) is 5.62. The summed E-state index contributed by atoms with van der Waals surface area (Å²) in [6, 6.07) is -0.128. The number of ether oxygens (including phenoxy) is 6. The molecule has 1 aliphatic carbocycles. The molecule has 0 aromatic rings. The van der Waals surface area contributed by atoms with Gasteiger partial charge in [0, 0.05) is 27.6 Å². The van der Waals surface area contributed by atoms with Gasteiger partial charge in [-0.25, -0.2) is 19.2 Å². The Morgan fingerprint density at radius 2 is 1.24 bits per heavy atom. The van der Waals surface area contributed by atoms with Crippen molar-refractivity contribution in [3.05, 3.63) is 25.3 Å². The number of amides is 2. The zero-order valence-corrected chi connectivity index (χ0v) is 22.7. The third-order valence-electron chi connectivity index (χ3n) is 5.62. The van der Waals surface area contributed by atoms with Crippen LogP contribution < -0.4 is 10.6 Å². The van der Waals surface area contributed by atoms with Crippen molar-refractivity contribution in [2.24, 2.45) is 10.8 Å². The number of carbonyl (C=O) groups is 4. The maximum Gasteiger partial charge on any atom is 0.407 e. The summed E-state index contributed by atoms with van der Waals surface area (Å²) in [4.78, 5) is 46.3. The summed E-state index contributed by atoms with van der Waals surface area (Å²) in [7, 11) is 0. The second-order valence-corrected chi connectivity index (χ2v) is 9.99. The fourth-order valence-electron chi connectivity index (χ4n) is 4.53. The minimum atomic E-state index is -0.556. The standard InChI is InChI=1S/C26H42N2O10.2H2/c1-6-21(29)35-12-8-33-10-14-37-23(31)27-19-26(5)17-20(16-25(3,4)18-26)28-24(32)38-15-11-34-9-13-36-22(30)7-2;;/h6-7,20H,1-2,8-19H2,3-5H3,(H,27,31)(H,28,32);2*1H. The van der Waals surface area contributed by atoms with Crippen molar-refractivity contribution in [3.8, 4) is 0 Å². The average molecular weight is 547 g/mol. The van der Waals surface area contributed by atoms with Crippen LogP contribution in [0, 0.1) is 10.8 Å². The van der Waals surface area contributed by atoms with Gasteiger partial charge in [0.2, 0.25) is 0 Å². The van der Waals surface area contributed by atoms with Crippen LogP contribution in [0.3, 0.4) is 0 Å². The van der Waals surface area contributed by atoms with Crippen LogP contribution in [-0.4, -0.2) is 89.6 Å². The van der Waals surface area contributed by atoms with E-state index in [1.54, 1.807) is 0 Å². The molecule has 38 heavy (non-hydrogen) atoms. The molecule has 2 unspecified atom stereocenters. The van der Waals surface area contributed by atoms with Gasteiger partial charge in [0.05, 0.1) is 26.4 Å². The van der Waals surface area contributed by atoms with Crippen LogP contribution in [0.5, 0.6) is 0 Å². The van der Waals surface area contributed by atoms with Gasteiger partial charge in [-0.15, -0.1) is 0 Å². The molecule has 2 amide bonds. The van der Waals surface area contributed by atoms with Gasteiger partial charge >= 0.3 is 24.1 Å².